The highest BCUT2D eigenvalue weighted by atomic mass is 16.3. The van der Waals surface area contributed by atoms with E-state index in [1.165, 1.54) is 22.3 Å². The van der Waals surface area contributed by atoms with Crippen LogP contribution >= 0.6 is 0 Å². The molecule has 0 N–H and O–H groups in total. The summed E-state index contributed by atoms with van der Waals surface area (Å²) in [7, 11) is 0. The Balaban J connectivity index is 1.06. The van der Waals surface area contributed by atoms with Crippen LogP contribution in [0.2, 0.25) is 0 Å². The average molecular weight is 733 g/mol. The normalized spacial score (nSPS) is 13.2. The second-order valence-electron chi connectivity index (χ2n) is 15.4. The molecule has 0 atom stereocenters. The molecule has 0 spiro atoms. The van der Waals surface area contributed by atoms with E-state index >= 15 is 0 Å². The van der Waals surface area contributed by atoms with Crippen molar-refractivity contribution >= 4 is 54.5 Å². The molecule has 12 rings (SSSR count). The van der Waals surface area contributed by atoms with Crippen LogP contribution in [0.3, 0.4) is 0 Å². The van der Waals surface area contributed by atoms with Crippen LogP contribution in [0.1, 0.15) is 25.0 Å². The molecular formula is C50H32N6O. The summed E-state index contributed by atoms with van der Waals surface area (Å²) in [4.78, 5) is 17.4. The van der Waals surface area contributed by atoms with Crippen molar-refractivity contribution in [1.29, 1.82) is 0 Å². The van der Waals surface area contributed by atoms with Gasteiger partial charge in [-0.15, -0.1) is 10.2 Å². The van der Waals surface area contributed by atoms with E-state index in [1.807, 2.05) is 66.7 Å². The van der Waals surface area contributed by atoms with Crippen LogP contribution < -0.4 is 0 Å². The first-order valence-corrected chi connectivity index (χ1v) is 19.2. The summed E-state index contributed by atoms with van der Waals surface area (Å²) in [6.07, 6.45) is 0. The number of fused-ring (bicyclic) bond motifs is 11. The van der Waals surface area contributed by atoms with Crippen LogP contribution in [0.25, 0.3) is 105 Å². The lowest BCUT2D eigenvalue weighted by Gasteiger charge is -2.21. The molecule has 3 aromatic heterocycles. The first kappa shape index (κ1) is 31.8. The van der Waals surface area contributed by atoms with Crippen molar-refractivity contribution in [1.82, 2.24) is 29.9 Å². The largest absolute Gasteiger partial charge is 0.456 e. The Labute approximate surface area is 326 Å². The molecule has 8 aromatic carbocycles. The molecular weight excluding hydrogens is 701 g/mol. The van der Waals surface area contributed by atoms with Crippen LogP contribution in [-0.4, -0.2) is 29.9 Å². The van der Waals surface area contributed by atoms with Gasteiger partial charge in [0.25, 0.3) is 0 Å². The molecule has 0 radical (unpaired) electrons. The molecule has 0 fully saturated rings. The lowest BCUT2D eigenvalue weighted by atomic mass is 9.82. The predicted octanol–water partition coefficient (Wildman–Crippen LogP) is 12.1. The molecule has 0 saturated carbocycles. The first-order chi connectivity index (χ1) is 28.0. The molecule has 1 aliphatic carbocycles. The molecule has 0 bridgehead atoms. The van der Waals surface area contributed by atoms with Crippen molar-refractivity contribution in [3.63, 3.8) is 0 Å². The topological polar surface area (TPSA) is 82.5 Å². The summed E-state index contributed by atoms with van der Waals surface area (Å²) >= 11 is 0. The Morgan fingerprint density at radius 3 is 2.05 bits per heavy atom. The molecule has 57 heavy (non-hydrogen) atoms. The fourth-order valence-corrected chi connectivity index (χ4v) is 8.90. The van der Waals surface area contributed by atoms with Gasteiger partial charge in [-0.1, -0.05) is 129 Å². The number of rotatable bonds is 4. The maximum atomic E-state index is 6.31. The van der Waals surface area contributed by atoms with Gasteiger partial charge in [0.15, 0.2) is 17.5 Å². The van der Waals surface area contributed by atoms with E-state index < -0.39 is 0 Å². The molecule has 0 unspecified atom stereocenters. The molecule has 0 saturated heterocycles. The smallest absolute Gasteiger partial charge is 0.164 e. The molecule has 0 amide bonds. The molecule has 0 aliphatic heterocycles. The van der Waals surface area contributed by atoms with Gasteiger partial charge in [0.05, 0.1) is 5.69 Å². The van der Waals surface area contributed by atoms with E-state index in [0.717, 1.165) is 76.9 Å². The van der Waals surface area contributed by atoms with Gasteiger partial charge in [-0.2, -0.15) is 4.80 Å². The van der Waals surface area contributed by atoms with Crippen molar-refractivity contribution < 1.29 is 4.42 Å². The molecule has 7 nitrogen and oxygen atoms in total. The van der Waals surface area contributed by atoms with E-state index in [2.05, 4.69) is 105 Å². The highest BCUT2D eigenvalue weighted by Gasteiger charge is 2.35. The van der Waals surface area contributed by atoms with Gasteiger partial charge in [0.2, 0.25) is 0 Å². The van der Waals surface area contributed by atoms with E-state index in [-0.39, 0.29) is 5.41 Å². The third-order valence-electron chi connectivity index (χ3n) is 11.7. The van der Waals surface area contributed by atoms with Crippen molar-refractivity contribution in [2.75, 3.05) is 0 Å². The summed E-state index contributed by atoms with van der Waals surface area (Å²) in [5.41, 5.74) is 11.9. The summed E-state index contributed by atoms with van der Waals surface area (Å²) in [5.74, 6) is 1.80. The van der Waals surface area contributed by atoms with E-state index in [9.17, 15) is 0 Å². The lowest BCUT2D eigenvalue weighted by Crippen LogP contribution is -2.15. The van der Waals surface area contributed by atoms with Crippen LogP contribution in [0.4, 0.5) is 0 Å². The Morgan fingerprint density at radius 2 is 1.16 bits per heavy atom. The monoisotopic (exact) mass is 732 g/mol. The highest BCUT2D eigenvalue weighted by molar-refractivity contribution is 6.18. The summed E-state index contributed by atoms with van der Waals surface area (Å²) in [5, 5.41) is 16.2. The quantitative estimate of drug-likeness (QED) is 0.168. The Kier molecular flexibility index (Phi) is 6.55. The second-order valence-corrected chi connectivity index (χ2v) is 15.4. The van der Waals surface area contributed by atoms with E-state index in [0.29, 0.717) is 17.5 Å². The lowest BCUT2D eigenvalue weighted by molar-refractivity contribution is 0.660. The van der Waals surface area contributed by atoms with E-state index in [4.69, 9.17) is 29.6 Å². The maximum Gasteiger partial charge on any atom is 0.164 e. The zero-order valence-corrected chi connectivity index (χ0v) is 31.1. The Morgan fingerprint density at radius 1 is 0.474 bits per heavy atom. The molecule has 1 aliphatic rings. The standard InChI is InChI=1S/C50H32N6O/c1-50(2)39-16-8-6-13-35(39)36-25-22-32(28-40(36)50)48-51-47(52-49(53-48)38-15-10-18-43-45(38)37-14-7-9-17-42(37)57-43)31-21-24-34-30(27-31)20-19-29-23-26-41-46(44(29)34)55-56(54-41)33-11-4-3-5-12-33/h3-28H,1-2H3. The number of para-hydroxylation sites is 2. The van der Waals surface area contributed by atoms with Crippen molar-refractivity contribution in [2.45, 2.75) is 19.3 Å². The van der Waals surface area contributed by atoms with Crippen molar-refractivity contribution in [3.05, 3.63) is 169 Å². The number of hydrogen-bond donors (Lipinski definition) is 0. The van der Waals surface area contributed by atoms with Gasteiger partial charge in [0, 0.05) is 38.3 Å². The highest BCUT2D eigenvalue weighted by Crippen LogP contribution is 2.49. The number of hydrogen-bond acceptors (Lipinski definition) is 6. The van der Waals surface area contributed by atoms with Gasteiger partial charge in [-0.25, -0.2) is 15.0 Å². The number of furan rings is 1. The van der Waals surface area contributed by atoms with Crippen LogP contribution in [-0.2, 0) is 5.41 Å². The fraction of sp³-hybridized carbons (Fsp3) is 0.0600. The zero-order chi connectivity index (χ0) is 37.8. The van der Waals surface area contributed by atoms with Gasteiger partial charge >= 0.3 is 0 Å². The van der Waals surface area contributed by atoms with Crippen molar-refractivity contribution in [3.8, 4) is 51.0 Å². The second kappa shape index (κ2) is 11.7. The molecule has 11 aromatic rings. The third kappa shape index (κ3) is 4.75. The predicted molar refractivity (Wildman–Crippen MR) is 228 cm³/mol. The van der Waals surface area contributed by atoms with Gasteiger partial charge in [-0.3, -0.25) is 0 Å². The molecule has 3 heterocycles. The molecule has 7 heteroatoms. The van der Waals surface area contributed by atoms with Crippen molar-refractivity contribution in [2.24, 2.45) is 0 Å². The van der Waals surface area contributed by atoms with Gasteiger partial charge in [0.1, 0.15) is 22.2 Å². The fourth-order valence-electron chi connectivity index (χ4n) is 8.90. The van der Waals surface area contributed by atoms with Crippen LogP contribution in [0.5, 0.6) is 0 Å². The SMILES string of the molecule is CC1(C)c2ccccc2-c2ccc(-c3nc(-c4ccc5c(ccc6ccc7nn(-c8ccccc8)nc7c65)c4)nc(-c4cccc5oc6ccccc6c45)n3)cc21. The maximum absolute atomic E-state index is 6.31. The average Bonchev–Trinajstić information content (AvgIpc) is 3.94. The number of benzene rings is 8. The van der Waals surface area contributed by atoms with Crippen LogP contribution in [0, 0.1) is 0 Å². The van der Waals surface area contributed by atoms with Gasteiger partial charge in [-0.05, 0) is 80.9 Å². The molecule has 268 valence electrons. The van der Waals surface area contributed by atoms with E-state index in [1.54, 1.807) is 4.80 Å². The minimum atomic E-state index is -0.166. The summed E-state index contributed by atoms with van der Waals surface area (Å²) in [6, 6.07) is 54.5. The third-order valence-corrected chi connectivity index (χ3v) is 11.7. The Hall–Kier alpha value is -7.51. The summed E-state index contributed by atoms with van der Waals surface area (Å²) < 4.78 is 6.31. The van der Waals surface area contributed by atoms with Gasteiger partial charge < -0.3 is 4.42 Å². The van der Waals surface area contributed by atoms with Crippen LogP contribution in [0.15, 0.2) is 162 Å². The first-order valence-electron chi connectivity index (χ1n) is 19.2. The number of nitrogens with zero attached hydrogens (tertiary/aromatic N) is 6. The Bertz CT molecular complexity index is 3450. The zero-order valence-electron chi connectivity index (χ0n) is 31.1. The summed E-state index contributed by atoms with van der Waals surface area (Å²) in [6.45, 7) is 4.59. The minimum absolute atomic E-state index is 0.166. The minimum Gasteiger partial charge on any atom is -0.456 e. The number of aromatic nitrogens is 6.